The highest BCUT2D eigenvalue weighted by Crippen LogP contribution is 2.44. The Balaban J connectivity index is 1.67. The third kappa shape index (κ3) is 3.08. The van der Waals surface area contributed by atoms with Gasteiger partial charge in [-0.1, -0.05) is 84.9 Å². The molecule has 4 heteroatoms. The van der Waals surface area contributed by atoms with Crippen LogP contribution in [0.1, 0.15) is 17.5 Å². The summed E-state index contributed by atoms with van der Waals surface area (Å²) in [4.78, 5) is 0. The first-order valence-electron chi connectivity index (χ1n) is 9.94. The summed E-state index contributed by atoms with van der Waals surface area (Å²) in [6, 6.07) is 27.4. The predicted octanol–water partition coefficient (Wildman–Crippen LogP) is 6.52. The first-order chi connectivity index (χ1) is 14.7. The molecule has 1 aliphatic rings. The van der Waals surface area contributed by atoms with E-state index in [4.69, 9.17) is 5.73 Å². The molecule has 0 spiro atoms. The number of phenolic OH excluding ortho intramolecular Hbond substituents is 1. The van der Waals surface area contributed by atoms with E-state index in [9.17, 15) is 5.11 Å². The fourth-order valence-corrected chi connectivity index (χ4v) is 4.11. The number of hydrogen-bond donors (Lipinski definition) is 2. The lowest BCUT2D eigenvalue weighted by Gasteiger charge is -2.31. The molecule has 0 radical (unpaired) electrons. The summed E-state index contributed by atoms with van der Waals surface area (Å²) in [7, 11) is 0. The van der Waals surface area contributed by atoms with Crippen LogP contribution in [0.15, 0.2) is 101 Å². The van der Waals surface area contributed by atoms with Gasteiger partial charge in [-0.15, -0.1) is 0 Å². The summed E-state index contributed by atoms with van der Waals surface area (Å²) in [5.41, 5.74) is 9.88. The van der Waals surface area contributed by atoms with Gasteiger partial charge < -0.3 is 10.8 Å². The molecule has 0 heterocycles. The number of phenols is 1. The van der Waals surface area contributed by atoms with Crippen molar-refractivity contribution in [2.24, 2.45) is 16.0 Å². The molecule has 4 nitrogen and oxygen atoms in total. The maximum Gasteiger partial charge on any atom is 0.160 e. The Morgan fingerprint density at radius 1 is 0.833 bits per heavy atom. The summed E-state index contributed by atoms with van der Waals surface area (Å²) < 4.78 is 0. The third-order valence-electron chi connectivity index (χ3n) is 5.54. The van der Waals surface area contributed by atoms with Gasteiger partial charge in [0.25, 0.3) is 0 Å². The number of aromatic hydroxyl groups is 1. The molecule has 0 aromatic heterocycles. The molecular formula is C26H21N3O. The number of rotatable bonds is 3. The van der Waals surface area contributed by atoms with Gasteiger partial charge in [-0.2, -0.15) is 10.2 Å². The van der Waals surface area contributed by atoms with Crippen LogP contribution < -0.4 is 5.73 Å². The Morgan fingerprint density at radius 3 is 2.47 bits per heavy atom. The van der Waals surface area contributed by atoms with E-state index in [-0.39, 0.29) is 5.75 Å². The molecule has 4 aromatic rings. The zero-order chi connectivity index (χ0) is 20.6. The van der Waals surface area contributed by atoms with E-state index >= 15 is 0 Å². The molecule has 0 aliphatic heterocycles. The first-order valence-corrected chi connectivity index (χ1v) is 9.94. The second kappa shape index (κ2) is 7.25. The molecule has 0 saturated carbocycles. The van der Waals surface area contributed by atoms with Crippen molar-refractivity contribution in [3.8, 4) is 16.9 Å². The van der Waals surface area contributed by atoms with Gasteiger partial charge in [-0.3, -0.25) is 0 Å². The number of azo groups is 1. The van der Waals surface area contributed by atoms with Crippen LogP contribution in [0, 0.1) is 0 Å². The molecule has 3 N–H and O–H groups in total. The minimum Gasteiger partial charge on any atom is -0.507 e. The van der Waals surface area contributed by atoms with E-state index in [1.165, 1.54) is 0 Å². The quantitative estimate of drug-likeness (QED) is 0.390. The Kier molecular flexibility index (Phi) is 4.42. The van der Waals surface area contributed by atoms with Crippen LogP contribution >= 0.6 is 0 Å². The number of benzene rings is 4. The summed E-state index contributed by atoms with van der Waals surface area (Å²) in [6.45, 7) is 0. The first kappa shape index (κ1) is 18.3. The van der Waals surface area contributed by atoms with Gasteiger partial charge in [-0.05, 0) is 28.6 Å². The molecule has 4 aromatic carbocycles. The van der Waals surface area contributed by atoms with Gasteiger partial charge >= 0.3 is 0 Å². The molecule has 146 valence electrons. The van der Waals surface area contributed by atoms with Crippen molar-refractivity contribution in [2.75, 3.05) is 0 Å². The molecule has 1 aliphatic carbocycles. The minimum atomic E-state index is -1.08. The summed E-state index contributed by atoms with van der Waals surface area (Å²) in [5.74, 6) is 0.186. The van der Waals surface area contributed by atoms with Gasteiger partial charge in [0.2, 0.25) is 0 Å². The maximum absolute atomic E-state index is 10.7. The standard InChI is InChI=1S/C26H21N3O/c27-26(29-28-22-14-6-11-18-8-4-5-13-21(18)22)17-7-12-20-15-16-23(30)24(25(20)26)19-9-2-1-3-10-19/h1-16,30H,17,27H2. The minimum absolute atomic E-state index is 0.186. The molecule has 1 unspecified atom stereocenters. The van der Waals surface area contributed by atoms with E-state index in [0.29, 0.717) is 12.0 Å². The zero-order valence-corrected chi connectivity index (χ0v) is 16.4. The molecule has 5 rings (SSSR count). The lowest BCUT2D eigenvalue weighted by molar-refractivity contribution is 0.439. The number of nitrogens with zero attached hydrogens (tertiary/aromatic N) is 2. The zero-order valence-electron chi connectivity index (χ0n) is 16.4. The fourth-order valence-electron chi connectivity index (χ4n) is 4.11. The predicted molar refractivity (Wildman–Crippen MR) is 122 cm³/mol. The Labute approximate surface area is 175 Å². The lowest BCUT2D eigenvalue weighted by atomic mass is 9.82. The van der Waals surface area contributed by atoms with Crippen LogP contribution in [0.2, 0.25) is 0 Å². The lowest BCUT2D eigenvalue weighted by Crippen LogP contribution is -2.36. The molecular weight excluding hydrogens is 370 g/mol. The van der Waals surface area contributed by atoms with Gasteiger partial charge in [0.05, 0.1) is 5.69 Å². The highest BCUT2D eigenvalue weighted by atomic mass is 16.3. The summed E-state index contributed by atoms with van der Waals surface area (Å²) >= 11 is 0. The van der Waals surface area contributed by atoms with Gasteiger partial charge in [-0.25, -0.2) is 0 Å². The molecule has 30 heavy (non-hydrogen) atoms. The molecule has 0 fully saturated rings. The second-order valence-electron chi connectivity index (χ2n) is 7.52. The van der Waals surface area contributed by atoms with Crippen molar-refractivity contribution >= 4 is 22.5 Å². The smallest absolute Gasteiger partial charge is 0.160 e. The van der Waals surface area contributed by atoms with E-state index in [2.05, 4.69) is 22.4 Å². The van der Waals surface area contributed by atoms with Crippen molar-refractivity contribution in [1.82, 2.24) is 0 Å². The molecule has 0 saturated heterocycles. The van der Waals surface area contributed by atoms with E-state index < -0.39 is 5.66 Å². The average molecular weight is 391 g/mol. The number of nitrogens with two attached hydrogens (primary N) is 1. The van der Waals surface area contributed by atoms with Crippen LogP contribution in [0.25, 0.3) is 28.0 Å². The Bertz CT molecular complexity index is 1290. The monoisotopic (exact) mass is 391 g/mol. The summed E-state index contributed by atoms with van der Waals surface area (Å²) in [6.07, 6.45) is 4.54. The maximum atomic E-state index is 10.7. The Hall–Kier alpha value is -3.76. The molecule has 0 amide bonds. The largest absolute Gasteiger partial charge is 0.507 e. The van der Waals surface area contributed by atoms with Crippen molar-refractivity contribution in [2.45, 2.75) is 12.1 Å². The van der Waals surface area contributed by atoms with Crippen LogP contribution in [0.3, 0.4) is 0 Å². The molecule has 0 bridgehead atoms. The van der Waals surface area contributed by atoms with Crippen molar-refractivity contribution in [3.63, 3.8) is 0 Å². The van der Waals surface area contributed by atoms with Crippen molar-refractivity contribution in [1.29, 1.82) is 0 Å². The third-order valence-corrected chi connectivity index (χ3v) is 5.54. The Morgan fingerprint density at radius 2 is 1.60 bits per heavy atom. The van der Waals surface area contributed by atoms with Gasteiger partial charge in [0.15, 0.2) is 5.66 Å². The van der Waals surface area contributed by atoms with Crippen LogP contribution in [-0.4, -0.2) is 5.11 Å². The second-order valence-corrected chi connectivity index (χ2v) is 7.52. The van der Waals surface area contributed by atoms with Gasteiger partial charge in [0, 0.05) is 22.9 Å². The highest BCUT2D eigenvalue weighted by molar-refractivity contribution is 5.92. The highest BCUT2D eigenvalue weighted by Gasteiger charge is 2.35. The van der Waals surface area contributed by atoms with E-state index in [0.717, 1.165) is 33.2 Å². The fraction of sp³-hybridized carbons (Fsp3) is 0.0769. The van der Waals surface area contributed by atoms with E-state index in [1.54, 1.807) is 6.07 Å². The molecule has 1 atom stereocenters. The summed E-state index contributed by atoms with van der Waals surface area (Å²) in [5, 5.41) is 22.1. The number of fused-ring (bicyclic) bond motifs is 2. The van der Waals surface area contributed by atoms with Gasteiger partial charge in [0.1, 0.15) is 5.75 Å². The SMILES string of the molecule is NC1(N=Nc2cccc3ccccc23)CC=Cc2ccc(O)c(-c3ccccc3)c21. The van der Waals surface area contributed by atoms with Crippen molar-refractivity contribution in [3.05, 3.63) is 102 Å². The van der Waals surface area contributed by atoms with Crippen LogP contribution in [0.5, 0.6) is 5.75 Å². The van der Waals surface area contributed by atoms with Crippen LogP contribution in [-0.2, 0) is 5.66 Å². The average Bonchev–Trinajstić information content (AvgIpc) is 2.79. The topological polar surface area (TPSA) is 71.0 Å². The normalized spacial score (nSPS) is 18.0. The van der Waals surface area contributed by atoms with Crippen LogP contribution in [0.4, 0.5) is 5.69 Å². The van der Waals surface area contributed by atoms with Crippen molar-refractivity contribution < 1.29 is 5.11 Å². The number of hydrogen-bond acceptors (Lipinski definition) is 4. The van der Waals surface area contributed by atoms with E-state index in [1.807, 2.05) is 78.9 Å².